The molecular weight excluding hydrogens is 542 g/mol. The highest BCUT2D eigenvalue weighted by Crippen LogP contribution is 2.33. The summed E-state index contributed by atoms with van der Waals surface area (Å²) < 4.78 is 7.36. The zero-order valence-electron chi connectivity index (χ0n) is 14.0. The van der Waals surface area contributed by atoms with Crippen molar-refractivity contribution in [2.24, 2.45) is 0 Å². The van der Waals surface area contributed by atoms with E-state index in [1.54, 1.807) is 12.1 Å². The van der Waals surface area contributed by atoms with Crippen molar-refractivity contribution in [2.75, 3.05) is 0 Å². The highest BCUT2D eigenvalue weighted by molar-refractivity contribution is 14.1. The summed E-state index contributed by atoms with van der Waals surface area (Å²) in [4.78, 5) is 13.3. The van der Waals surface area contributed by atoms with E-state index in [1.807, 2.05) is 25.1 Å². The number of halogens is 2. The molecule has 1 aromatic heterocycles. The lowest BCUT2D eigenvalue weighted by Crippen LogP contribution is -2.05. The number of aromatic hydroxyl groups is 1. The van der Waals surface area contributed by atoms with Gasteiger partial charge in [-0.25, -0.2) is 0 Å². The summed E-state index contributed by atoms with van der Waals surface area (Å²) in [6.45, 7) is 4.14. The van der Waals surface area contributed by atoms with Crippen LogP contribution in [0.15, 0.2) is 34.7 Å². The van der Waals surface area contributed by atoms with Gasteiger partial charge in [0.1, 0.15) is 17.1 Å². The molecule has 3 rings (SSSR count). The second-order valence-electron chi connectivity index (χ2n) is 6.12. The quantitative estimate of drug-likeness (QED) is 0.298. The van der Waals surface area contributed by atoms with E-state index in [-0.39, 0.29) is 11.5 Å². The van der Waals surface area contributed by atoms with Gasteiger partial charge >= 0.3 is 0 Å². The molecule has 0 aliphatic carbocycles. The number of rotatable bonds is 5. The molecule has 0 atom stereocenters. The Morgan fingerprint density at radius 3 is 2.48 bits per heavy atom. The van der Waals surface area contributed by atoms with Crippen molar-refractivity contribution in [3.05, 3.63) is 59.9 Å². The lowest BCUT2D eigenvalue weighted by Gasteiger charge is -2.07. The van der Waals surface area contributed by atoms with E-state index >= 15 is 0 Å². The summed E-state index contributed by atoms with van der Waals surface area (Å²) >= 11 is 4.10. The Balaban J connectivity index is 2.18. The van der Waals surface area contributed by atoms with Gasteiger partial charge in [-0.3, -0.25) is 4.79 Å². The number of benzene rings is 2. The number of phenols is 1. The van der Waals surface area contributed by atoms with Crippen LogP contribution >= 0.6 is 45.2 Å². The Bertz CT molecular complexity index is 934. The largest absolute Gasteiger partial charge is 0.506 e. The minimum absolute atomic E-state index is 0.0497. The van der Waals surface area contributed by atoms with E-state index in [4.69, 9.17) is 4.42 Å². The van der Waals surface area contributed by atoms with Gasteiger partial charge in [-0.15, -0.1) is 0 Å². The van der Waals surface area contributed by atoms with Gasteiger partial charge in [0, 0.05) is 17.4 Å². The van der Waals surface area contributed by atoms with E-state index in [9.17, 15) is 9.90 Å². The number of carbonyl (C=O) groups is 1. The first-order valence-corrected chi connectivity index (χ1v) is 10.3. The Kier molecular flexibility index (Phi) is 5.72. The number of ketones is 1. The highest BCUT2D eigenvalue weighted by atomic mass is 127. The van der Waals surface area contributed by atoms with Crippen molar-refractivity contribution >= 4 is 61.9 Å². The van der Waals surface area contributed by atoms with Gasteiger partial charge in [0.15, 0.2) is 5.78 Å². The monoisotopic (exact) mass is 560 g/mol. The van der Waals surface area contributed by atoms with Gasteiger partial charge < -0.3 is 9.52 Å². The third-order valence-corrected chi connectivity index (χ3v) is 5.82. The smallest absolute Gasteiger partial charge is 0.197 e. The summed E-state index contributed by atoms with van der Waals surface area (Å²) in [5, 5.41) is 10.8. The molecular formula is C20H18I2O3. The highest BCUT2D eigenvalue weighted by Gasteiger charge is 2.23. The van der Waals surface area contributed by atoms with Crippen LogP contribution in [0.3, 0.4) is 0 Å². The Morgan fingerprint density at radius 1 is 1.16 bits per heavy atom. The number of carbonyl (C=O) groups excluding carboxylic acids is 1. The maximum atomic E-state index is 13.3. The van der Waals surface area contributed by atoms with Crippen molar-refractivity contribution in [1.29, 1.82) is 0 Å². The maximum absolute atomic E-state index is 13.3. The summed E-state index contributed by atoms with van der Waals surface area (Å²) in [5.74, 6) is 0.925. The molecule has 0 unspecified atom stereocenters. The molecule has 0 bridgehead atoms. The molecule has 0 saturated heterocycles. The van der Waals surface area contributed by atoms with Crippen LogP contribution < -0.4 is 0 Å². The van der Waals surface area contributed by atoms with Gasteiger partial charge in [0.2, 0.25) is 0 Å². The fourth-order valence-corrected chi connectivity index (χ4v) is 4.63. The minimum Gasteiger partial charge on any atom is -0.506 e. The van der Waals surface area contributed by atoms with Crippen molar-refractivity contribution in [3.63, 3.8) is 0 Å². The maximum Gasteiger partial charge on any atom is 0.197 e. The number of fused-ring (bicyclic) bond motifs is 1. The van der Waals surface area contributed by atoms with E-state index in [2.05, 4.69) is 52.1 Å². The number of hydrogen-bond acceptors (Lipinski definition) is 3. The molecule has 0 aliphatic heterocycles. The van der Waals surface area contributed by atoms with Gasteiger partial charge in [0.25, 0.3) is 0 Å². The first-order chi connectivity index (χ1) is 11.9. The topological polar surface area (TPSA) is 50.4 Å². The van der Waals surface area contributed by atoms with Crippen LogP contribution in [-0.2, 0) is 6.42 Å². The van der Waals surface area contributed by atoms with Crippen molar-refractivity contribution in [1.82, 2.24) is 0 Å². The van der Waals surface area contributed by atoms with Crippen molar-refractivity contribution < 1.29 is 14.3 Å². The average Bonchev–Trinajstić information content (AvgIpc) is 2.94. The fourth-order valence-electron chi connectivity index (χ4n) is 2.87. The summed E-state index contributed by atoms with van der Waals surface area (Å²) in [6.07, 6.45) is 2.76. The van der Waals surface area contributed by atoms with Crippen molar-refractivity contribution in [3.8, 4) is 5.75 Å². The normalized spacial score (nSPS) is 11.2. The van der Waals surface area contributed by atoms with Crippen LogP contribution in [0.2, 0.25) is 0 Å². The van der Waals surface area contributed by atoms with Crippen LogP contribution in [0.1, 0.15) is 47.0 Å². The molecule has 3 aromatic rings. The molecule has 0 saturated carbocycles. The number of phenolic OH excluding ortho intramolecular Hbond substituents is 1. The molecule has 5 heteroatoms. The van der Waals surface area contributed by atoms with Gasteiger partial charge in [0.05, 0.1) is 12.7 Å². The molecule has 0 amide bonds. The zero-order chi connectivity index (χ0) is 18.1. The van der Waals surface area contributed by atoms with Gasteiger partial charge in [-0.05, 0) is 82.8 Å². The summed E-state index contributed by atoms with van der Waals surface area (Å²) in [6, 6.07) is 9.41. The standard InChI is InChI=1S/C20H18I2O3/c1-3-4-5-17-18(13-8-11(2)6-7-16(13)25-17)19(23)12-9-14(21)20(24)15(22)10-12/h6-10,24H,3-5H2,1-2H3. The summed E-state index contributed by atoms with van der Waals surface area (Å²) in [5.41, 5.74) is 3.08. The fraction of sp³-hybridized carbons (Fsp3) is 0.250. The Labute approximate surface area is 174 Å². The number of furan rings is 1. The first kappa shape index (κ1) is 18.7. The molecule has 0 radical (unpaired) electrons. The molecule has 0 fully saturated rings. The second kappa shape index (κ2) is 7.65. The van der Waals surface area contributed by atoms with Gasteiger partial charge in [-0.1, -0.05) is 25.0 Å². The third kappa shape index (κ3) is 3.72. The molecule has 1 N–H and O–H groups in total. The molecule has 2 aromatic carbocycles. The molecule has 1 heterocycles. The van der Waals surface area contributed by atoms with E-state index < -0.39 is 0 Å². The second-order valence-corrected chi connectivity index (χ2v) is 8.45. The van der Waals surface area contributed by atoms with E-state index in [0.29, 0.717) is 18.3 Å². The predicted molar refractivity (Wildman–Crippen MR) is 117 cm³/mol. The van der Waals surface area contributed by atoms with Gasteiger partial charge in [-0.2, -0.15) is 0 Å². The molecule has 130 valence electrons. The number of hydrogen-bond donors (Lipinski definition) is 1. The number of aryl methyl sites for hydroxylation is 2. The predicted octanol–water partition coefficient (Wildman–Crippen LogP) is 6.23. The first-order valence-electron chi connectivity index (χ1n) is 8.17. The van der Waals surface area contributed by atoms with Crippen molar-refractivity contribution in [2.45, 2.75) is 33.1 Å². The molecule has 0 aliphatic rings. The SMILES string of the molecule is CCCCc1oc2ccc(C)cc2c1C(=O)c1cc(I)c(O)c(I)c1. The summed E-state index contributed by atoms with van der Waals surface area (Å²) in [7, 11) is 0. The number of unbranched alkanes of at least 4 members (excludes halogenated alkanes) is 1. The van der Waals surface area contributed by atoms with E-state index in [1.165, 1.54) is 0 Å². The molecule has 0 spiro atoms. The third-order valence-electron chi connectivity index (χ3n) is 4.18. The Morgan fingerprint density at radius 2 is 1.84 bits per heavy atom. The lowest BCUT2D eigenvalue weighted by molar-refractivity contribution is 0.103. The van der Waals surface area contributed by atoms with Crippen LogP contribution in [0, 0.1) is 14.1 Å². The van der Waals surface area contributed by atoms with Crippen LogP contribution in [0.25, 0.3) is 11.0 Å². The molecule has 25 heavy (non-hydrogen) atoms. The zero-order valence-corrected chi connectivity index (χ0v) is 18.3. The van der Waals surface area contributed by atoms with E-state index in [0.717, 1.165) is 41.6 Å². The Hall–Kier alpha value is -1.09. The molecule has 3 nitrogen and oxygen atoms in total. The average molecular weight is 560 g/mol. The van der Waals surface area contributed by atoms with Crippen LogP contribution in [-0.4, -0.2) is 10.9 Å². The minimum atomic E-state index is -0.0497. The van der Waals surface area contributed by atoms with Crippen LogP contribution in [0.5, 0.6) is 5.75 Å². The lowest BCUT2D eigenvalue weighted by atomic mass is 9.97. The van der Waals surface area contributed by atoms with Crippen LogP contribution in [0.4, 0.5) is 0 Å².